The number of anilines is 1. The third kappa shape index (κ3) is 2.13. The van der Waals surface area contributed by atoms with Crippen LogP contribution in [0.3, 0.4) is 0 Å². The van der Waals surface area contributed by atoms with Crippen molar-refractivity contribution < 1.29 is 5.11 Å². The second kappa shape index (κ2) is 5.64. The number of fused-ring (bicyclic) bond motifs is 2. The highest BCUT2D eigenvalue weighted by Gasteiger charge is 2.29. The summed E-state index contributed by atoms with van der Waals surface area (Å²) in [6.45, 7) is 7.48. The fourth-order valence-electron chi connectivity index (χ4n) is 4.00. The second-order valence-electron chi connectivity index (χ2n) is 6.75. The highest BCUT2D eigenvalue weighted by Crippen LogP contribution is 2.39. The average Bonchev–Trinajstić information content (AvgIpc) is 2.93. The molecule has 1 aromatic carbocycles. The number of hydrogen-bond acceptors (Lipinski definition) is 3. The summed E-state index contributed by atoms with van der Waals surface area (Å²) < 4.78 is 2.02. The van der Waals surface area contributed by atoms with Gasteiger partial charge in [-0.3, -0.25) is 4.40 Å². The van der Waals surface area contributed by atoms with Gasteiger partial charge in [0.05, 0.1) is 29.7 Å². The Labute approximate surface area is 142 Å². The molecular weight excluding hydrogens is 298 g/mol. The summed E-state index contributed by atoms with van der Waals surface area (Å²) >= 11 is 0. The molecule has 0 fully saturated rings. The molecule has 4 heteroatoms. The quantitative estimate of drug-likeness (QED) is 0.780. The smallest absolute Gasteiger partial charge is 0.161 e. The number of aryl methyl sites for hydroxylation is 1. The Bertz CT molecular complexity index is 899. The van der Waals surface area contributed by atoms with Crippen LogP contribution in [-0.4, -0.2) is 21.0 Å². The minimum atomic E-state index is 0.00520. The lowest BCUT2D eigenvalue weighted by Gasteiger charge is -2.40. The maximum Gasteiger partial charge on any atom is 0.161 e. The van der Waals surface area contributed by atoms with Gasteiger partial charge in [0, 0.05) is 12.7 Å². The van der Waals surface area contributed by atoms with Crippen molar-refractivity contribution >= 4 is 11.3 Å². The van der Waals surface area contributed by atoms with E-state index in [1.807, 2.05) is 23.6 Å². The third-order valence-corrected chi connectivity index (χ3v) is 5.30. The van der Waals surface area contributed by atoms with Crippen LogP contribution in [0.2, 0.25) is 0 Å². The first kappa shape index (κ1) is 15.2. The van der Waals surface area contributed by atoms with E-state index in [9.17, 15) is 5.11 Å². The monoisotopic (exact) mass is 321 g/mol. The molecule has 1 aliphatic heterocycles. The predicted molar refractivity (Wildman–Crippen MR) is 96.5 cm³/mol. The molecule has 4 nitrogen and oxygen atoms in total. The summed E-state index contributed by atoms with van der Waals surface area (Å²) in [6.07, 6.45) is 1.98. The number of pyridine rings is 1. The number of aromatic nitrogens is 2. The Morgan fingerprint density at radius 1 is 1.12 bits per heavy atom. The van der Waals surface area contributed by atoms with Crippen molar-refractivity contribution in [3.8, 4) is 0 Å². The summed E-state index contributed by atoms with van der Waals surface area (Å²) in [4.78, 5) is 7.18. The molecule has 4 rings (SSSR count). The lowest BCUT2D eigenvalue weighted by atomic mass is 9.86. The van der Waals surface area contributed by atoms with Gasteiger partial charge in [0.15, 0.2) is 5.65 Å². The molecule has 2 unspecified atom stereocenters. The van der Waals surface area contributed by atoms with Gasteiger partial charge in [-0.2, -0.15) is 0 Å². The minimum Gasteiger partial charge on any atom is -0.390 e. The first-order valence-electron chi connectivity index (χ1n) is 8.54. The van der Waals surface area contributed by atoms with Gasteiger partial charge in [-0.05, 0) is 43.0 Å². The Morgan fingerprint density at radius 2 is 1.88 bits per heavy atom. The van der Waals surface area contributed by atoms with Gasteiger partial charge in [0.2, 0.25) is 0 Å². The van der Waals surface area contributed by atoms with Gasteiger partial charge in [-0.25, -0.2) is 4.98 Å². The van der Waals surface area contributed by atoms with Crippen molar-refractivity contribution in [2.24, 2.45) is 0 Å². The number of hydrogen-bond donors (Lipinski definition) is 1. The summed E-state index contributed by atoms with van der Waals surface area (Å²) in [5.74, 6) is 0.478. The number of aliphatic hydroxyl groups is 1. The second-order valence-corrected chi connectivity index (χ2v) is 6.75. The van der Waals surface area contributed by atoms with E-state index in [2.05, 4.69) is 49.1 Å². The molecular formula is C20H23N3O. The van der Waals surface area contributed by atoms with Crippen LogP contribution in [0.4, 0.5) is 5.69 Å². The van der Waals surface area contributed by atoms with Crippen molar-refractivity contribution in [1.82, 2.24) is 9.38 Å². The maximum atomic E-state index is 9.66. The van der Waals surface area contributed by atoms with Crippen LogP contribution in [0.1, 0.15) is 48.3 Å². The highest BCUT2D eigenvalue weighted by molar-refractivity contribution is 5.71. The number of nitrogens with zero attached hydrogens (tertiary/aromatic N) is 3. The number of rotatable bonds is 2. The van der Waals surface area contributed by atoms with Gasteiger partial charge in [-0.15, -0.1) is 0 Å². The largest absolute Gasteiger partial charge is 0.390 e. The molecule has 3 heterocycles. The van der Waals surface area contributed by atoms with Gasteiger partial charge in [-0.1, -0.05) is 31.2 Å². The zero-order valence-electron chi connectivity index (χ0n) is 14.4. The van der Waals surface area contributed by atoms with Crippen molar-refractivity contribution in [2.75, 3.05) is 11.4 Å². The molecule has 124 valence electrons. The SMILES string of the molecule is Cc1nc2c(N3CC(C)c4ccccc4C3C)cccn2c1CO. The average molecular weight is 321 g/mol. The normalized spacial score (nSPS) is 20.4. The topological polar surface area (TPSA) is 40.8 Å². The summed E-state index contributed by atoms with van der Waals surface area (Å²) in [7, 11) is 0. The van der Waals surface area contributed by atoms with Crippen LogP contribution < -0.4 is 4.90 Å². The lowest BCUT2D eigenvalue weighted by Crippen LogP contribution is -2.36. The van der Waals surface area contributed by atoms with Crippen LogP contribution in [0.5, 0.6) is 0 Å². The lowest BCUT2D eigenvalue weighted by molar-refractivity contribution is 0.275. The van der Waals surface area contributed by atoms with E-state index in [4.69, 9.17) is 4.98 Å². The fraction of sp³-hybridized carbons (Fsp3) is 0.350. The van der Waals surface area contributed by atoms with E-state index in [0.29, 0.717) is 12.0 Å². The Hall–Kier alpha value is -2.33. The van der Waals surface area contributed by atoms with Gasteiger partial charge in [0.1, 0.15) is 0 Å². The van der Waals surface area contributed by atoms with Gasteiger partial charge < -0.3 is 10.0 Å². The summed E-state index contributed by atoms with van der Waals surface area (Å²) in [5.41, 5.74) is 6.66. The van der Waals surface area contributed by atoms with Crippen molar-refractivity contribution in [1.29, 1.82) is 0 Å². The standard InChI is InChI=1S/C20H23N3O/c1-13-11-23(15(3)17-8-5-4-7-16(13)17)18-9-6-10-22-19(12-24)14(2)21-20(18)22/h4-10,13,15,24H,11-12H2,1-3H3. The molecule has 3 aromatic rings. The highest BCUT2D eigenvalue weighted by atomic mass is 16.3. The maximum absolute atomic E-state index is 9.66. The molecule has 1 N–H and O–H groups in total. The molecule has 2 aromatic heterocycles. The first-order valence-corrected chi connectivity index (χ1v) is 8.54. The van der Waals surface area contributed by atoms with E-state index >= 15 is 0 Å². The molecule has 0 radical (unpaired) electrons. The van der Waals surface area contributed by atoms with E-state index in [1.54, 1.807) is 0 Å². The Balaban J connectivity index is 1.87. The van der Waals surface area contributed by atoms with Crippen LogP contribution >= 0.6 is 0 Å². The predicted octanol–water partition coefficient (Wildman–Crippen LogP) is 3.82. The van der Waals surface area contributed by atoms with Gasteiger partial charge in [0.25, 0.3) is 0 Å². The van der Waals surface area contributed by atoms with Gasteiger partial charge >= 0.3 is 0 Å². The van der Waals surface area contributed by atoms with E-state index in [0.717, 1.165) is 29.3 Å². The fourth-order valence-corrected chi connectivity index (χ4v) is 4.00. The number of imidazole rings is 1. The third-order valence-electron chi connectivity index (χ3n) is 5.30. The number of aliphatic hydroxyl groups excluding tert-OH is 1. The molecule has 0 saturated heterocycles. The molecule has 24 heavy (non-hydrogen) atoms. The molecule has 0 spiro atoms. The summed E-state index contributed by atoms with van der Waals surface area (Å²) in [6, 6.07) is 13.2. The van der Waals surface area contributed by atoms with Crippen molar-refractivity contribution in [3.63, 3.8) is 0 Å². The molecule has 0 aliphatic carbocycles. The van der Waals surface area contributed by atoms with Crippen LogP contribution in [0.25, 0.3) is 5.65 Å². The van der Waals surface area contributed by atoms with E-state index < -0.39 is 0 Å². The van der Waals surface area contributed by atoms with Crippen molar-refractivity contribution in [3.05, 3.63) is 65.1 Å². The molecule has 2 atom stereocenters. The molecule has 0 saturated carbocycles. The Kier molecular flexibility index (Phi) is 3.57. The molecule has 0 amide bonds. The molecule has 1 aliphatic rings. The zero-order chi connectivity index (χ0) is 16.8. The van der Waals surface area contributed by atoms with Crippen LogP contribution in [0, 0.1) is 6.92 Å². The van der Waals surface area contributed by atoms with E-state index in [-0.39, 0.29) is 6.61 Å². The van der Waals surface area contributed by atoms with E-state index in [1.165, 1.54) is 11.1 Å². The summed E-state index contributed by atoms with van der Waals surface area (Å²) in [5, 5.41) is 9.66. The van der Waals surface area contributed by atoms with Crippen LogP contribution in [0.15, 0.2) is 42.6 Å². The van der Waals surface area contributed by atoms with Crippen molar-refractivity contribution in [2.45, 2.75) is 39.3 Å². The minimum absolute atomic E-state index is 0.00520. The zero-order valence-corrected chi connectivity index (χ0v) is 14.4. The molecule has 0 bridgehead atoms. The first-order chi connectivity index (χ1) is 11.6. The number of benzene rings is 1. The van der Waals surface area contributed by atoms with Crippen LogP contribution in [-0.2, 0) is 6.61 Å². The Morgan fingerprint density at radius 3 is 2.62 bits per heavy atom.